The average molecular weight is 522 g/mol. The zero-order valence-electron chi connectivity index (χ0n) is 17.8. The topological polar surface area (TPSA) is 122 Å². The highest BCUT2D eigenvalue weighted by Crippen LogP contribution is 2.55. The average Bonchev–Trinajstić information content (AvgIpc) is 3.36. The number of imide groups is 1. The molecule has 3 aliphatic heterocycles. The standard InChI is InChI=1S/C23H19Cl3N4O4/c1-9-12(24)5-3-11-19(9)28-22(34)23(11)18-17(15(29-23)6-7-16(27)31)20(32)30(21(18)33)10-2-4-13(25)14(26)8-10/h2-5,8,15,17-18,29H,6-7H2,1H3,(H2,27,31)(H,28,34)/t15?,17-,18+,23?/m1/s1. The summed E-state index contributed by atoms with van der Waals surface area (Å²) in [5, 5.41) is 7.02. The van der Waals surface area contributed by atoms with Crippen LogP contribution in [0, 0.1) is 18.8 Å². The summed E-state index contributed by atoms with van der Waals surface area (Å²) in [6.45, 7) is 1.76. The first-order chi connectivity index (χ1) is 16.1. The minimum absolute atomic E-state index is 0.0146. The first-order valence-electron chi connectivity index (χ1n) is 10.6. The van der Waals surface area contributed by atoms with Crippen LogP contribution in [0.25, 0.3) is 0 Å². The number of hydrogen-bond acceptors (Lipinski definition) is 5. The van der Waals surface area contributed by atoms with Gasteiger partial charge in [-0.2, -0.15) is 0 Å². The number of nitrogens with two attached hydrogens (primary N) is 1. The summed E-state index contributed by atoms with van der Waals surface area (Å²) in [6.07, 6.45) is 0.168. The molecule has 3 aliphatic rings. The summed E-state index contributed by atoms with van der Waals surface area (Å²) in [6, 6.07) is 7.15. The molecule has 2 aromatic carbocycles. The molecule has 0 aromatic heterocycles. The van der Waals surface area contributed by atoms with Crippen LogP contribution in [0.4, 0.5) is 11.4 Å². The van der Waals surface area contributed by atoms with E-state index in [1.165, 1.54) is 18.2 Å². The van der Waals surface area contributed by atoms with Crippen molar-refractivity contribution >= 4 is 69.8 Å². The molecule has 3 heterocycles. The number of nitrogens with one attached hydrogen (secondary N) is 2. The molecule has 2 unspecified atom stereocenters. The maximum absolute atomic E-state index is 13.8. The van der Waals surface area contributed by atoms with Crippen molar-refractivity contribution in [1.82, 2.24) is 5.32 Å². The highest BCUT2D eigenvalue weighted by Gasteiger charge is 2.70. The molecule has 0 bridgehead atoms. The lowest BCUT2D eigenvalue weighted by atomic mass is 9.76. The van der Waals surface area contributed by atoms with Crippen LogP contribution >= 0.6 is 34.8 Å². The molecule has 0 radical (unpaired) electrons. The molecular weight excluding hydrogens is 503 g/mol. The maximum atomic E-state index is 13.8. The van der Waals surface area contributed by atoms with E-state index in [0.29, 0.717) is 21.8 Å². The van der Waals surface area contributed by atoms with Gasteiger partial charge in [0.05, 0.1) is 33.3 Å². The predicted octanol–water partition coefficient (Wildman–Crippen LogP) is 3.15. The smallest absolute Gasteiger partial charge is 0.250 e. The molecule has 2 saturated heterocycles. The van der Waals surface area contributed by atoms with Crippen LogP contribution in [-0.4, -0.2) is 29.7 Å². The molecule has 0 saturated carbocycles. The van der Waals surface area contributed by atoms with Crippen LogP contribution < -0.4 is 21.3 Å². The number of fused-ring (bicyclic) bond motifs is 4. The number of carbonyl (C=O) groups excluding carboxylic acids is 4. The number of primary amides is 1. The van der Waals surface area contributed by atoms with Crippen LogP contribution in [0.15, 0.2) is 30.3 Å². The second-order valence-corrected chi connectivity index (χ2v) is 9.95. The number of amides is 4. The Bertz CT molecular complexity index is 1300. The van der Waals surface area contributed by atoms with Crippen LogP contribution in [0.5, 0.6) is 0 Å². The molecule has 11 heteroatoms. The Morgan fingerprint density at radius 3 is 2.44 bits per heavy atom. The quantitative estimate of drug-likeness (QED) is 0.534. The number of carbonyl (C=O) groups is 4. The van der Waals surface area contributed by atoms with Crippen molar-refractivity contribution in [1.29, 1.82) is 0 Å². The number of benzene rings is 2. The van der Waals surface area contributed by atoms with Crippen molar-refractivity contribution < 1.29 is 19.2 Å². The van der Waals surface area contributed by atoms with E-state index in [-0.39, 0.29) is 28.6 Å². The Labute approximate surface area is 209 Å². The normalized spacial score (nSPS) is 27.4. The molecule has 4 N–H and O–H groups in total. The van der Waals surface area contributed by atoms with Crippen molar-refractivity contribution in [2.45, 2.75) is 31.3 Å². The van der Waals surface area contributed by atoms with E-state index in [4.69, 9.17) is 40.5 Å². The lowest BCUT2D eigenvalue weighted by molar-refractivity contribution is -0.130. The second-order valence-electron chi connectivity index (χ2n) is 8.73. The third-order valence-corrected chi connectivity index (χ3v) is 8.10. The number of rotatable bonds is 4. The minimum atomic E-state index is -1.50. The summed E-state index contributed by atoms with van der Waals surface area (Å²) in [7, 11) is 0. The van der Waals surface area contributed by atoms with E-state index in [2.05, 4.69) is 10.6 Å². The van der Waals surface area contributed by atoms with E-state index in [0.717, 1.165) is 4.90 Å². The van der Waals surface area contributed by atoms with Gasteiger partial charge in [-0.1, -0.05) is 40.9 Å². The SMILES string of the molecule is Cc1c(Cl)ccc2c1NC(=O)C21NC(CCC(N)=O)[C@H]2C(=O)N(c3ccc(Cl)c(Cl)c3)C(=O)[C@H]21. The number of anilines is 2. The van der Waals surface area contributed by atoms with E-state index in [1.54, 1.807) is 19.1 Å². The summed E-state index contributed by atoms with van der Waals surface area (Å²) in [4.78, 5) is 53.6. The Hall–Kier alpha value is -2.65. The fourth-order valence-corrected chi connectivity index (χ4v) is 5.86. The molecule has 5 rings (SSSR count). The fraction of sp³-hybridized carbons (Fsp3) is 0.304. The number of nitrogens with zero attached hydrogens (tertiary/aromatic N) is 1. The largest absolute Gasteiger partial charge is 0.370 e. The van der Waals surface area contributed by atoms with Gasteiger partial charge in [0.1, 0.15) is 5.54 Å². The van der Waals surface area contributed by atoms with Gasteiger partial charge in [0.2, 0.25) is 23.6 Å². The van der Waals surface area contributed by atoms with Gasteiger partial charge in [0.15, 0.2) is 0 Å². The molecule has 1 spiro atoms. The van der Waals surface area contributed by atoms with Crippen LogP contribution in [-0.2, 0) is 24.7 Å². The summed E-state index contributed by atoms with van der Waals surface area (Å²) < 4.78 is 0. The van der Waals surface area contributed by atoms with Gasteiger partial charge in [0.25, 0.3) is 0 Å². The second kappa shape index (κ2) is 7.95. The van der Waals surface area contributed by atoms with Gasteiger partial charge in [-0.05, 0) is 43.2 Å². The Morgan fingerprint density at radius 1 is 1.06 bits per heavy atom. The van der Waals surface area contributed by atoms with E-state index >= 15 is 0 Å². The van der Waals surface area contributed by atoms with E-state index in [1.807, 2.05) is 0 Å². The van der Waals surface area contributed by atoms with Crippen molar-refractivity contribution in [2.24, 2.45) is 17.6 Å². The molecule has 0 aliphatic carbocycles. The zero-order chi connectivity index (χ0) is 24.5. The van der Waals surface area contributed by atoms with Crippen molar-refractivity contribution in [3.05, 3.63) is 56.5 Å². The van der Waals surface area contributed by atoms with E-state index in [9.17, 15) is 19.2 Å². The van der Waals surface area contributed by atoms with Crippen LogP contribution in [0.1, 0.15) is 24.0 Å². The highest BCUT2D eigenvalue weighted by molar-refractivity contribution is 6.42. The lowest BCUT2D eigenvalue weighted by Gasteiger charge is -2.29. The van der Waals surface area contributed by atoms with Gasteiger partial charge in [-0.25, -0.2) is 4.90 Å². The van der Waals surface area contributed by atoms with Crippen molar-refractivity contribution in [2.75, 3.05) is 10.2 Å². The summed E-state index contributed by atoms with van der Waals surface area (Å²) in [5.74, 6) is -3.97. The molecule has 176 valence electrons. The Morgan fingerprint density at radius 2 is 1.76 bits per heavy atom. The van der Waals surface area contributed by atoms with Crippen LogP contribution in [0.3, 0.4) is 0 Å². The fourth-order valence-electron chi connectivity index (χ4n) is 5.41. The molecule has 8 nitrogen and oxygen atoms in total. The van der Waals surface area contributed by atoms with Crippen LogP contribution in [0.2, 0.25) is 15.1 Å². The molecule has 34 heavy (non-hydrogen) atoms. The first-order valence-corrected chi connectivity index (χ1v) is 11.7. The van der Waals surface area contributed by atoms with Crippen molar-refractivity contribution in [3.63, 3.8) is 0 Å². The maximum Gasteiger partial charge on any atom is 0.250 e. The van der Waals surface area contributed by atoms with E-state index < -0.39 is 47.0 Å². The predicted molar refractivity (Wildman–Crippen MR) is 128 cm³/mol. The molecule has 4 atom stereocenters. The minimum Gasteiger partial charge on any atom is -0.370 e. The third-order valence-electron chi connectivity index (χ3n) is 6.95. The Balaban J connectivity index is 1.67. The number of halogens is 3. The molecule has 4 amide bonds. The summed E-state index contributed by atoms with van der Waals surface area (Å²) >= 11 is 18.4. The summed E-state index contributed by atoms with van der Waals surface area (Å²) in [5.41, 5.74) is 5.80. The molecule has 2 fully saturated rings. The molecular formula is C23H19Cl3N4O4. The highest BCUT2D eigenvalue weighted by atomic mass is 35.5. The van der Waals surface area contributed by atoms with Gasteiger partial charge in [-0.15, -0.1) is 0 Å². The first kappa shape index (κ1) is 23.1. The van der Waals surface area contributed by atoms with Gasteiger partial charge < -0.3 is 11.1 Å². The number of hydrogen-bond donors (Lipinski definition) is 3. The van der Waals surface area contributed by atoms with Gasteiger partial charge in [0, 0.05) is 23.0 Å². The third kappa shape index (κ3) is 3.09. The Kier molecular flexibility index (Phi) is 5.40. The lowest BCUT2D eigenvalue weighted by Crippen LogP contribution is -2.53. The van der Waals surface area contributed by atoms with Gasteiger partial charge >= 0.3 is 0 Å². The zero-order valence-corrected chi connectivity index (χ0v) is 20.1. The van der Waals surface area contributed by atoms with Gasteiger partial charge in [-0.3, -0.25) is 24.5 Å². The van der Waals surface area contributed by atoms with Crippen molar-refractivity contribution in [3.8, 4) is 0 Å². The molecule has 2 aromatic rings. The monoisotopic (exact) mass is 520 g/mol.